The van der Waals surface area contributed by atoms with Crippen molar-refractivity contribution in [2.24, 2.45) is 0 Å². The second-order valence-corrected chi connectivity index (χ2v) is 6.81. The molecule has 0 fully saturated rings. The van der Waals surface area contributed by atoms with Crippen molar-refractivity contribution in [3.63, 3.8) is 0 Å². The molecule has 4 aromatic rings. The molecule has 2 aromatic heterocycles. The number of aromatic nitrogens is 2. The van der Waals surface area contributed by atoms with Crippen molar-refractivity contribution >= 4 is 28.4 Å². The number of nitrogens with zero attached hydrogens (tertiary/aromatic N) is 2. The van der Waals surface area contributed by atoms with Gasteiger partial charge in [-0.25, -0.2) is 4.98 Å². The fourth-order valence-corrected chi connectivity index (χ4v) is 3.38. The summed E-state index contributed by atoms with van der Waals surface area (Å²) in [5.41, 5.74) is 3.22. The largest absolute Gasteiger partial charge is 0.496 e. The SMILES string of the molecule is COc1ccccc1CNC(=O)c1cc(-c2ccccn2)nc2c(Cl)cccc12. The number of carbonyl (C=O) groups is 1. The predicted octanol–water partition coefficient (Wildman–Crippen LogP) is 4.89. The summed E-state index contributed by atoms with van der Waals surface area (Å²) >= 11 is 6.37. The van der Waals surface area contributed by atoms with E-state index >= 15 is 0 Å². The molecule has 0 radical (unpaired) electrons. The maximum absolute atomic E-state index is 13.1. The first-order chi connectivity index (χ1) is 14.2. The molecule has 144 valence electrons. The topological polar surface area (TPSA) is 64.1 Å². The van der Waals surface area contributed by atoms with Gasteiger partial charge in [0.1, 0.15) is 5.75 Å². The normalized spacial score (nSPS) is 10.7. The Kier molecular flexibility index (Phi) is 5.40. The number of benzene rings is 2. The maximum atomic E-state index is 13.1. The first-order valence-electron chi connectivity index (χ1n) is 9.08. The van der Waals surface area contributed by atoms with E-state index in [-0.39, 0.29) is 5.91 Å². The molecular formula is C23H18ClN3O2. The van der Waals surface area contributed by atoms with Crippen LogP contribution in [0, 0.1) is 0 Å². The number of fused-ring (bicyclic) bond motifs is 1. The van der Waals surface area contributed by atoms with Crippen molar-refractivity contribution in [3.8, 4) is 17.1 Å². The summed E-state index contributed by atoms with van der Waals surface area (Å²) in [6.07, 6.45) is 1.69. The number of carbonyl (C=O) groups excluding carboxylic acids is 1. The van der Waals surface area contributed by atoms with Gasteiger partial charge >= 0.3 is 0 Å². The summed E-state index contributed by atoms with van der Waals surface area (Å²) in [6.45, 7) is 0.339. The highest BCUT2D eigenvalue weighted by Gasteiger charge is 2.16. The molecule has 0 aliphatic rings. The van der Waals surface area contributed by atoms with Crippen molar-refractivity contribution in [1.29, 1.82) is 0 Å². The second-order valence-electron chi connectivity index (χ2n) is 6.40. The Morgan fingerprint density at radius 3 is 2.66 bits per heavy atom. The van der Waals surface area contributed by atoms with Gasteiger partial charge in [0.05, 0.1) is 34.6 Å². The van der Waals surface area contributed by atoms with Crippen LogP contribution in [-0.4, -0.2) is 23.0 Å². The van der Waals surface area contributed by atoms with Gasteiger partial charge in [0, 0.05) is 23.7 Å². The predicted molar refractivity (Wildman–Crippen MR) is 114 cm³/mol. The van der Waals surface area contributed by atoms with E-state index in [9.17, 15) is 4.79 Å². The van der Waals surface area contributed by atoms with Crippen LogP contribution in [0.15, 0.2) is 72.9 Å². The number of nitrogens with one attached hydrogen (secondary N) is 1. The van der Waals surface area contributed by atoms with E-state index in [1.165, 1.54) is 0 Å². The molecular weight excluding hydrogens is 386 g/mol. The maximum Gasteiger partial charge on any atom is 0.252 e. The lowest BCUT2D eigenvalue weighted by molar-refractivity contribution is 0.0952. The Balaban J connectivity index is 1.73. The van der Waals surface area contributed by atoms with Crippen molar-refractivity contribution in [1.82, 2.24) is 15.3 Å². The highest BCUT2D eigenvalue weighted by molar-refractivity contribution is 6.35. The Morgan fingerprint density at radius 1 is 1.03 bits per heavy atom. The number of pyridine rings is 2. The molecule has 0 bridgehead atoms. The van der Waals surface area contributed by atoms with Crippen LogP contribution < -0.4 is 10.1 Å². The molecule has 0 unspecified atom stereocenters. The molecule has 2 heterocycles. The summed E-state index contributed by atoms with van der Waals surface area (Å²) in [5, 5.41) is 4.14. The van der Waals surface area contributed by atoms with Gasteiger partial charge in [-0.2, -0.15) is 0 Å². The van der Waals surface area contributed by atoms with Crippen LogP contribution in [-0.2, 0) is 6.54 Å². The number of hydrogen-bond acceptors (Lipinski definition) is 4. The number of ether oxygens (including phenoxy) is 1. The van der Waals surface area contributed by atoms with Crippen molar-refractivity contribution in [2.75, 3.05) is 7.11 Å². The number of amides is 1. The Labute approximate surface area is 173 Å². The van der Waals surface area contributed by atoms with Crippen LogP contribution in [0.1, 0.15) is 15.9 Å². The van der Waals surface area contributed by atoms with E-state index in [0.29, 0.717) is 39.4 Å². The van der Waals surface area contributed by atoms with Crippen LogP contribution in [0.25, 0.3) is 22.3 Å². The minimum atomic E-state index is -0.220. The van der Waals surface area contributed by atoms with Crippen LogP contribution in [0.2, 0.25) is 5.02 Å². The van der Waals surface area contributed by atoms with Crippen LogP contribution >= 0.6 is 11.6 Å². The van der Waals surface area contributed by atoms with Crippen molar-refractivity contribution < 1.29 is 9.53 Å². The third-order valence-electron chi connectivity index (χ3n) is 4.59. The molecule has 2 aromatic carbocycles. The molecule has 0 aliphatic carbocycles. The van der Waals surface area contributed by atoms with Gasteiger partial charge in [-0.3, -0.25) is 9.78 Å². The van der Waals surface area contributed by atoms with Crippen molar-refractivity contribution in [2.45, 2.75) is 6.54 Å². The van der Waals surface area contributed by atoms with Gasteiger partial charge in [-0.15, -0.1) is 0 Å². The standard InChI is InChI=1S/C23H18ClN3O2/c1-29-21-11-3-2-7-15(21)14-26-23(28)17-13-20(19-10-4-5-12-25-19)27-22-16(17)8-6-9-18(22)24/h2-13H,14H2,1H3,(H,26,28). The zero-order valence-corrected chi connectivity index (χ0v) is 16.5. The van der Waals surface area contributed by atoms with E-state index in [1.54, 1.807) is 25.4 Å². The fourth-order valence-electron chi connectivity index (χ4n) is 3.17. The summed E-state index contributed by atoms with van der Waals surface area (Å²) in [4.78, 5) is 22.1. The average Bonchev–Trinajstić information content (AvgIpc) is 2.78. The lowest BCUT2D eigenvalue weighted by Crippen LogP contribution is -2.23. The lowest BCUT2D eigenvalue weighted by Gasteiger charge is -2.12. The van der Waals surface area contributed by atoms with Crippen molar-refractivity contribution in [3.05, 3.63) is 89.1 Å². The monoisotopic (exact) mass is 403 g/mol. The van der Waals surface area contributed by atoms with E-state index in [1.807, 2.05) is 54.6 Å². The molecule has 1 N–H and O–H groups in total. The summed E-state index contributed by atoms with van der Waals surface area (Å²) in [7, 11) is 1.61. The molecule has 5 nitrogen and oxygen atoms in total. The lowest BCUT2D eigenvalue weighted by atomic mass is 10.1. The minimum absolute atomic E-state index is 0.220. The first-order valence-corrected chi connectivity index (χ1v) is 9.46. The number of rotatable bonds is 5. The highest BCUT2D eigenvalue weighted by Crippen LogP contribution is 2.28. The molecule has 4 rings (SSSR count). The minimum Gasteiger partial charge on any atom is -0.496 e. The first kappa shape index (κ1) is 18.9. The molecule has 0 saturated heterocycles. The van der Waals surface area contributed by atoms with E-state index in [0.717, 1.165) is 11.3 Å². The average molecular weight is 404 g/mol. The van der Waals surface area contributed by atoms with Gasteiger partial charge in [0.2, 0.25) is 0 Å². The van der Waals surface area contributed by atoms with Gasteiger partial charge in [-0.1, -0.05) is 48.0 Å². The number of methoxy groups -OCH3 is 1. The summed E-state index contributed by atoms with van der Waals surface area (Å²) < 4.78 is 5.36. The fraction of sp³-hybridized carbons (Fsp3) is 0.0870. The smallest absolute Gasteiger partial charge is 0.252 e. The van der Waals surface area contributed by atoms with Gasteiger partial charge in [0.15, 0.2) is 0 Å². The zero-order valence-electron chi connectivity index (χ0n) is 15.7. The van der Waals surface area contributed by atoms with Crippen LogP contribution in [0.4, 0.5) is 0 Å². The van der Waals surface area contributed by atoms with Gasteiger partial charge in [0.25, 0.3) is 5.91 Å². The summed E-state index contributed by atoms with van der Waals surface area (Å²) in [5.74, 6) is 0.507. The molecule has 0 aliphatic heterocycles. The van der Waals surface area contributed by atoms with Crippen LogP contribution in [0.3, 0.4) is 0 Å². The van der Waals surface area contributed by atoms with Crippen LogP contribution in [0.5, 0.6) is 5.75 Å². The third kappa shape index (κ3) is 3.91. The number of para-hydroxylation sites is 2. The van der Waals surface area contributed by atoms with E-state index < -0.39 is 0 Å². The quantitative estimate of drug-likeness (QED) is 0.515. The Morgan fingerprint density at radius 2 is 1.86 bits per heavy atom. The van der Waals surface area contributed by atoms with Gasteiger partial charge in [-0.05, 0) is 30.3 Å². The van der Waals surface area contributed by atoms with E-state index in [2.05, 4.69) is 15.3 Å². The Bertz CT molecular complexity index is 1180. The van der Waals surface area contributed by atoms with Gasteiger partial charge < -0.3 is 10.1 Å². The Hall–Kier alpha value is -3.44. The summed E-state index contributed by atoms with van der Waals surface area (Å²) in [6, 6.07) is 20.3. The molecule has 1 amide bonds. The third-order valence-corrected chi connectivity index (χ3v) is 4.90. The highest BCUT2D eigenvalue weighted by atomic mass is 35.5. The number of hydrogen-bond donors (Lipinski definition) is 1. The molecule has 0 atom stereocenters. The van der Waals surface area contributed by atoms with E-state index in [4.69, 9.17) is 16.3 Å². The molecule has 0 saturated carbocycles. The zero-order chi connectivity index (χ0) is 20.2. The molecule has 29 heavy (non-hydrogen) atoms. The molecule has 6 heteroatoms. The number of halogens is 1. The second kappa shape index (κ2) is 8.29. The molecule has 0 spiro atoms.